The molecule has 21 heavy (non-hydrogen) atoms. The topological polar surface area (TPSA) is 70.1 Å². The largest absolute Gasteiger partial charge is 0.480 e. The van der Waals surface area contributed by atoms with Crippen LogP contribution in [0.15, 0.2) is 30.3 Å². The average Bonchev–Trinajstić information content (AvgIpc) is 2.71. The number of hydrogen-bond acceptors (Lipinski definition) is 4. The average molecular weight is 292 g/mol. The fourth-order valence-corrected chi connectivity index (χ4v) is 2.31. The Morgan fingerprint density at radius 1 is 1.10 bits per heavy atom. The highest BCUT2D eigenvalue weighted by molar-refractivity contribution is 5.69. The molecular weight excluding hydrogens is 272 g/mol. The second-order valence-electron chi connectivity index (χ2n) is 5.05. The Kier molecular flexibility index (Phi) is 5.57. The van der Waals surface area contributed by atoms with Crippen LogP contribution < -0.4 is 0 Å². The van der Waals surface area contributed by atoms with E-state index in [1.807, 2.05) is 35.2 Å². The molecule has 2 rings (SSSR count). The van der Waals surface area contributed by atoms with Crippen molar-refractivity contribution in [1.29, 1.82) is 0 Å². The van der Waals surface area contributed by atoms with Gasteiger partial charge >= 0.3 is 12.1 Å². The van der Waals surface area contributed by atoms with Gasteiger partial charge in [0.1, 0.15) is 6.61 Å². The van der Waals surface area contributed by atoms with Gasteiger partial charge in [-0.1, -0.05) is 30.3 Å². The van der Waals surface area contributed by atoms with Gasteiger partial charge in [-0.25, -0.2) is 4.79 Å². The number of carbonyl (C=O) groups excluding carboxylic acids is 1. The van der Waals surface area contributed by atoms with Crippen molar-refractivity contribution in [2.45, 2.75) is 13.0 Å². The third-order valence-corrected chi connectivity index (χ3v) is 3.41. The van der Waals surface area contributed by atoms with Crippen LogP contribution in [0.5, 0.6) is 0 Å². The number of benzene rings is 1. The molecule has 0 aliphatic carbocycles. The van der Waals surface area contributed by atoms with E-state index in [1.165, 1.54) is 0 Å². The lowest BCUT2D eigenvalue weighted by Gasteiger charge is -2.20. The Hall–Kier alpha value is -2.08. The first-order valence-electron chi connectivity index (χ1n) is 7.05. The predicted octanol–water partition coefficient (Wildman–Crippen LogP) is 1.42. The Bertz CT molecular complexity index is 478. The van der Waals surface area contributed by atoms with Crippen molar-refractivity contribution in [3.63, 3.8) is 0 Å². The summed E-state index contributed by atoms with van der Waals surface area (Å²) in [5, 5.41) is 8.80. The molecule has 1 fully saturated rings. The van der Waals surface area contributed by atoms with Crippen LogP contribution in [-0.2, 0) is 16.1 Å². The zero-order chi connectivity index (χ0) is 15.1. The number of aliphatic carboxylic acids is 1. The van der Waals surface area contributed by atoms with Crippen molar-refractivity contribution in [3.05, 3.63) is 35.9 Å². The number of nitrogens with zero attached hydrogens (tertiary/aromatic N) is 2. The number of carboxylic acids is 1. The van der Waals surface area contributed by atoms with Gasteiger partial charge in [0.05, 0.1) is 6.54 Å². The van der Waals surface area contributed by atoms with E-state index in [0.717, 1.165) is 12.0 Å². The molecule has 0 spiro atoms. The van der Waals surface area contributed by atoms with Crippen molar-refractivity contribution in [3.8, 4) is 0 Å². The Morgan fingerprint density at radius 3 is 2.57 bits per heavy atom. The highest BCUT2D eigenvalue weighted by Crippen LogP contribution is 2.07. The molecule has 0 atom stereocenters. The number of rotatable bonds is 4. The van der Waals surface area contributed by atoms with Gasteiger partial charge in [0, 0.05) is 26.2 Å². The summed E-state index contributed by atoms with van der Waals surface area (Å²) >= 11 is 0. The second-order valence-corrected chi connectivity index (χ2v) is 5.05. The van der Waals surface area contributed by atoms with Gasteiger partial charge in [0.15, 0.2) is 0 Å². The molecule has 0 saturated carbocycles. The molecule has 114 valence electrons. The molecule has 6 heteroatoms. The summed E-state index contributed by atoms with van der Waals surface area (Å²) in [7, 11) is 0. The molecular formula is C15H20N2O4. The summed E-state index contributed by atoms with van der Waals surface area (Å²) in [5.41, 5.74) is 0.952. The zero-order valence-corrected chi connectivity index (χ0v) is 11.9. The Labute approximate surface area is 123 Å². The molecule has 1 aromatic rings. The Balaban J connectivity index is 1.79. The minimum Gasteiger partial charge on any atom is -0.480 e. The van der Waals surface area contributed by atoms with E-state index in [4.69, 9.17) is 9.84 Å². The van der Waals surface area contributed by atoms with Gasteiger partial charge in [-0.15, -0.1) is 0 Å². The molecule has 0 bridgehead atoms. The van der Waals surface area contributed by atoms with Gasteiger partial charge in [-0.2, -0.15) is 0 Å². The van der Waals surface area contributed by atoms with Crippen LogP contribution in [0.4, 0.5) is 4.79 Å². The van der Waals surface area contributed by atoms with E-state index >= 15 is 0 Å². The molecule has 1 aliphatic heterocycles. The highest BCUT2D eigenvalue weighted by atomic mass is 16.6. The molecule has 1 saturated heterocycles. The van der Waals surface area contributed by atoms with Gasteiger partial charge in [-0.3, -0.25) is 9.69 Å². The zero-order valence-electron chi connectivity index (χ0n) is 11.9. The maximum Gasteiger partial charge on any atom is 0.410 e. The van der Waals surface area contributed by atoms with Crippen molar-refractivity contribution < 1.29 is 19.4 Å². The van der Waals surface area contributed by atoms with Crippen LogP contribution in [0.25, 0.3) is 0 Å². The third-order valence-electron chi connectivity index (χ3n) is 3.41. The number of amides is 1. The molecule has 1 N–H and O–H groups in total. The standard InChI is InChI=1S/C15H20N2O4/c18-14(19)11-16-7-4-8-17(10-9-16)15(20)21-12-13-5-2-1-3-6-13/h1-3,5-6H,4,7-12H2,(H,18,19). The molecule has 0 unspecified atom stereocenters. The van der Waals surface area contributed by atoms with Crippen molar-refractivity contribution in [2.24, 2.45) is 0 Å². The molecule has 6 nitrogen and oxygen atoms in total. The lowest BCUT2D eigenvalue weighted by molar-refractivity contribution is -0.138. The van der Waals surface area contributed by atoms with E-state index < -0.39 is 5.97 Å². The molecule has 1 heterocycles. The molecule has 1 aromatic carbocycles. The summed E-state index contributed by atoms with van der Waals surface area (Å²) in [6, 6.07) is 9.53. The molecule has 0 aromatic heterocycles. The normalized spacial score (nSPS) is 16.3. The third kappa shape index (κ3) is 5.07. The summed E-state index contributed by atoms with van der Waals surface area (Å²) in [6.07, 6.45) is 0.421. The van der Waals surface area contributed by atoms with Crippen LogP contribution >= 0.6 is 0 Å². The number of carboxylic acid groups (broad SMARTS) is 1. The highest BCUT2D eigenvalue weighted by Gasteiger charge is 2.21. The number of ether oxygens (including phenoxy) is 1. The maximum absolute atomic E-state index is 12.0. The fraction of sp³-hybridized carbons (Fsp3) is 0.467. The molecule has 0 radical (unpaired) electrons. The minimum atomic E-state index is -0.838. The Morgan fingerprint density at radius 2 is 1.86 bits per heavy atom. The maximum atomic E-state index is 12.0. The predicted molar refractivity (Wildman–Crippen MR) is 76.9 cm³/mol. The first-order valence-corrected chi connectivity index (χ1v) is 7.05. The lowest BCUT2D eigenvalue weighted by Crippen LogP contribution is -2.36. The van der Waals surface area contributed by atoms with Crippen LogP contribution in [0.2, 0.25) is 0 Å². The smallest absolute Gasteiger partial charge is 0.410 e. The summed E-state index contributed by atoms with van der Waals surface area (Å²) in [4.78, 5) is 26.2. The van der Waals surface area contributed by atoms with E-state index in [1.54, 1.807) is 4.90 Å². The van der Waals surface area contributed by atoms with Crippen molar-refractivity contribution in [2.75, 3.05) is 32.7 Å². The van der Waals surface area contributed by atoms with E-state index in [-0.39, 0.29) is 19.2 Å². The van der Waals surface area contributed by atoms with E-state index in [2.05, 4.69) is 0 Å². The fourth-order valence-electron chi connectivity index (χ4n) is 2.31. The van der Waals surface area contributed by atoms with Crippen LogP contribution in [0.3, 0.4) is 0 Å². The molecule has 1 amide bonds. The van der Waals surface area contributed by atoms with E-state index in [9.17, 15) is 9.59 Å². The summed E-state index contributed by atoms with van der Waals surface area (Å²) in [5.74, 6) is -0.838. The second kappa shape index (κ2) is 7.64. The van der Waals surface area contributed by atoms with Gasteiger partial charge < -0.3 is 14.7 Å². The number of carbonyl (C=O) groups is 2. The first kappa shape index (κ1) is 15.3. The van der Waals surface area contributed by atoms with Gasteiger partial charge in [-0.05, 0) is 12.0 Å². The molecule has 1 aliphatic rings. The lowest BCUT2D eigenvalue weighted by atomic mass is 10.2. The van der Waals surface area contributed by atoms with Gasteiger partial charge in [0.25, 0.3) is 0 Å². The van der Waals surface area contributed by atoms with Crippen molar-refractivity contribution >= 4 is 12.1 Å². The van der Waals surface area contributed by atoms with Crippen LogP contribution in [0, 0.1) is 0 Å². The van der Waals surface area contributed by atoms with Crippen LogP contribution in [-0.4, -0.2) is 59.7 Å². The monoisotopic (exact) mass is 292 g/mol. The first-order chi connectivity index (χ1) is 10.1. The van der Waals surface area contributed by atoms with E-state index in [0.29, 0.717) is 26.2 Å². The quantitative estimate of drug-likeness (QED) is 0.908. The summed E-state index contributed by atoms with van der Waals surface area (Å²) in [6.45, 7) is 2.63. The summed E-state index contributed by atoms with van der Waals surface area (Å²) < 4.78 is 5.29. The van der Waals surface area contributed by atoms with Crippen molar-refractivity contribution in [1.82, 2.24) is 9.80 Å². The number of hydrogen-bond donors (Lipinski definition) is 1. The van der Waals surface area contributed by atoms with Crippen LogP contribution in [0.1, 0.15) is 12.0 Å². The SMILES string of the molecule is O=C(O)CN1CCCN(C(=O)OCc2ccccc2)CC1. The van der Waals surface area contributed by atoms with Gasteiger partial charge in [0.2, 0.25) is 0 Å². The minimum absolute atomic E-state index is 0.0207.